The molecule has 0 bridgehead atoms. The molecule has 1 nitrogen and oxygen atoms in total. The van der Waals surface area contributed by atoms with Gasteiger partial charge in [-0.2, -0.15) is 0 Å². The molecule has 0 heterocycles. The average Bonchev–Trinajstić information content (AvgIpc) is 1.86. The molecule has 0 saturated carbocycles. The molecule has 0 N–H and O–H groups in total. The highest BCUT2D eigenvalue weighted by molar-refractivity contribution is 6.65. The Labute approximate surface area is 65.3 Å². The third-order valence-corrected chi connectivity index (χ3v) is 2.60. The van der Waals surface area contributed by atoms with Gasteiger partial charge in [0, 0.05) is 5.88 Å². The van der Waals surface area contributed by atoms with E-state index in [0.29, 0.717) is 12.3 Å². The van der Waals surface area contributed by atoms with E-state index in [-0.39, 0.29) is 5.24 Å². The van der Waals surface area contributed by atoms with Crippen molar-refractivity contribution in [1.82, 2.24) is 0 Å². The van der Waals surface area contributed by atoms with Gasteiger partial charge in [-0.3, -0.25) is 4.79 Å². The van der Waals surface area contributed by atoms with E-state index < -0.39 is 5.41 Å². The number of carbonyl (C=O) groups is 1. The lowest BCUT2D eigenvalue weighted by Gasteiger charge is -2.18. The normalized spacial score (nSPS) is 16.9. The number of hydrogen-bond acceptors (Lipinski definition) is 1. The third kappa shape index (κ3) is 2.15. The van der Waals surface area contributed by atoms with Crippen LogP contribution in [0, 0.1) is 5.41 Å². The highest BCUT2D eigenvalue weighted by Crippen LogP contribution is 2.25. The van der Waals surface area contributed by atoms with Crippen molar-refractivity contribution in [3.63, 3.8) is 0 Å². The predicted molar refractivity (Wildman–Crippen MR) is 40.0 cm³/mol. The van der Waals surface area contributed by atoms with Crippen molar-refractivity contribution >= 4 is 28.4 Å². The molecule has 0 aromatic carbocycles. The van der Waals surface area contributed by atoms with Crippen LogP contribution in [0.1, 0.15) is 20.3 Å². The van der Waals surface area contributed by atoms with E-state index in [0.717, 1.165) is 0 Å². The number of alkyl halides is 1. The maximum atomic E-state index is 10.6. The van der Waals surface area contributed by atoms with Crippen LogP contribution in [0.25, 0.3) is 0 Å². The Balaban J connectivity index is 4.09. The first-order valence-corrected chi connectivity index (χ1v) is 3.74. The fourth-order valence-corrected chi connectivity index (χ4v) is 0.865. The van der Waals surface area contributed by atoms with Crippen LogP contribution in [-0.2, 0) is 4.79 Å². The van der Waals surface area contributed by atoms with Crippen LogP contribution in [0.2, 0.25) is 0 Å². The molecule has 0 aliphatic rings. The van der Waals surface area contributed by atoms with Gasteiger partial charge in [-0.25, -0.2) is 0 Å². The van der Waals surface area contributed by atoms with E-state index in [1.165, 1.54) is 0 Å². The Kier molecular flexibility index (Phi) is 3.52. The molecule has 0 aliphatic carbocycles. The summed E-state index contributed by atoms with van der Waals surface area (Å²) in [7, 11) is 0. The minimum Gasteiger partial charge on any atom is -0.281 e. The smallest absolute Gasteiger partial charge is 0.228 e. The molecule has 0 fully saturated rings. The lowest BCUT2D eigenvalue weighted by Crippen LogP contribution is -2.24. The minimum atomic E-state index is -0.525. The van der Waals surface area contributed by atoms with Gasteiger partial charge in [0.05, 0.1) is 5.41 Å². The number of carbonyl (C=O) groups excluding carboxylic acids is 1. The first kappa shape index (κ1) is 9.25. The lowest BCUT2D eigenvalue weighted by molar-refractivity contribution is -0.118. The van der Waals surface area contributed by atoms with E-state index in [1.54, 1.807) is 6.92 Å². The SMILES string of the molecule is CCC(C)(CCl)C(=O)Cl. The summed E-state index contributed by atoms with van der Waals surface area (Å²) < 4.78 is 0. The van der Waals surface area contributed by atoms with Crippen molar-refractivity contribution in [3.05, 3.63) is 0 Å². The quantitative estimate of drug-likeness (QED) is 0.468. The molecule has 0 amide bonds. The van der Waals surface area contributed by atoms with Gasteiger partial charge >= 0.3 is 0 Å². The maximum Gasteiger partial charge on any atom is 0.228 e. The third-order valence-electron chi connectivity index (χ3n) is 1.55. The van der Waals surface area contributed by atoms with E-state index >= 15 is 0 Å². The van der Waals surface area contributed by atoms with Gasteiger partial charge in [0.1, 0.15) is 0 Å². The van der Waals surface area contributed by atoms with Crippen LogP contribution in [0.15, 0.2) is 0 Å². The van der Waals surface area contributed by atoms with Gasteiger partial charge in [0.25, 0.3) is 0 Å². The Morgan fingerprint density at radius 1 is 1.67 bits per heavy atom. The van der Waals surface area contributed by atoms with Gasteiger partial charge in [-0.15, -0.1) is 11.6 Å². The van der Waals surface area contributed by atoms with Crippen molar-refractivity contribution in [2.75, 3.05) is 5.88 Å². The van der Waals surface area contributed by atoms with Crippen molar-refractivity contribution < 1.29 is 4.79 Å². The molecule has 3 heteroatoms. The van der Waals surface area contributed by atoms with Crippen molar-refractivity contribution in [1.29, 1.82) is 0 Å². The summed E-state index contributed by atoms with van der Waals surface area (Å²) in [5.41, 5.74) is -0.525. The van der Waals surface area contributed by atoms with Crippen LogP contribution >= 0.6 is 23.2 Å². The Morgan fingerprint density at radius 3 is 2.11 bits per heavy atom. The van der Waals surface area contributed by atoms with Crippen LogP contribution in [-0.4, -0.2) is 11.1 Å². The zero-order valence-corrected chi connectivity index (χ0v) is 7.09. The largest absolute Gasteiger partial charge is 0.281 e. The summed E-state index contributed by atoms with van der Waals surface area (Å²) in [6.45, 7) is 3.65. The first-order chi connectivity index (χ1) is 4.06. The first-order valence-electron chi connectivity index (χ1n) is 2.82. The second-order valence-corrected chi connectivity index (χ2v) is 2.93. The van der Waals surface area contributed by atoms with E-state index in [1.807, 2.05) is 6.92 Å². The minimum absolute atomic E-state index is 0.297. The summed E-state index contributed by atoms with van der Waals surface area (Å²) in [5, 5.41) is -0.347. The van der Waals surface area contributed by atoms with Crippen molar-refractivity contribution in [2.24, 2.45) is 5.41 Å². The summed E-state index contributed by atoms with van der Waals surface area (Å²) in [5.74, 6) is 0.297. The van der Waals surface area contributed by atoms with Crippen LogP contribution < -0.4 is 0 Å². The Bertz CT molecular complexity index is 108. The summed E-state index contributed by atoms with van der Waals surface area (Å²) in [6, 6.07) is 0. The Hall–Kier alpha value is 0.250. The van der Waals surface area contributed by atoms with Gasteiger partial charge in [-0.1, -0.05) is 13.8 Å². The monoisotopic (exact) mass is 168 g/mol. The van der Waals surface area contributed by atoms with E-state index in [2.05, 4.69) is 0 Å². The predicted octanol–water partition coefficient (Wildman–Crippen LogP) is 2.41. The number of halogens is 2. The van der Waals surface area contributed by atoms with Crippen molar-refractivity contribution in [2.45, 2.75) is 20.3 Å². The van der Waals surface area contributed by atoms with Crippen LogP contribution in [0.3, 0.4) is 0 Å². The second kappa shape index (κ2) is 3.43. The molecule has 1 atom stereocenters. The van der Waals surface area contributed by atoms with Crippen LogP contribution in [0.4, 0.5) is 0 Å². The highest BCUT2D eigenvalue weighted by Gasteiger charge is 2.28. The summed E-state index contributed by atoms with van der Waals surface area (Å²) in [4.78, 5) is 10.6. The molecule has 0 rings (SSSR count). The Morgan fingerprint density at radius 2 is 2.11 bits per heavy atom. The molecule has 0 radical (unpaired) electrons. The molecule has 0 aliphatic heterocycles. The second-order valence-electron chi connectivity index (χ2n) is 2.32. The molecule has 0 spiro atoms. The summed E-state index contributed by atoms with van der Waals surface area (Å²) >= 11 is 10.8. The zero-order chi connectivity index (χ0) is 7.49. The maximum absolute atomic E-state index is 10.6. The topological polar surface area (TPSA) is 17.1 Å². The number of rotatable bonds is 3. The number of hydrogen-bond donors (Lipinski definition) is 0. The lowest BCUT2D eigenvalue weighted by atomic mass is 9.92. The zero-order valence-electron chi connectivity index (χ0n) is 5.58. The molecule has 0 aromatic heterocycles. The fraction of sp³-hybridized carbons (Fsp3) is 0.833. The molecule has 9 heavy (non-hydrogen) atoms. The molecule has 0 saturated heterocycles. The molecular formula is C6H10Cl2O. The highest BCUT2D eigenvalue weighted by atomic mass is 35.5. The van der Waals surface area contributed by atoms with E-state index in [9.17, 15) is 4.79 Å². The average molecular weight is 169 g/mol. The van der Waals surface area contributed by atoms with Crippen LogP contribution in [0.5, 0.6) is 0 Å². The standard InChI is InChI=1S/C6H10Cl2O/c1-3-6(2,4-7)5(8)9/h3-4H2,1-2H3. The molecular weight excluding hydrogens is 159 g/mol. The van der Waals surface area contributed by atoms with Gasteiger partial charge < -0.3 is 0 Å². The fourth-order valence-electron chi connectivity index (χ4n) is 0.286. The van der Waals surface area contributed by atoms with Gasteiger partial charge in [0.2, 0.25) is 5.24 Å². The summed E-state index contributed by atoms with van der Waals surface area (Å²) in [6.07, 6.45) is 0.693. The molecule has 0 aromatic rings. The van der Waals surface area contributed by atoms with Gasteiger partial charge in [-0.05, 0) is 18.0 Å². The van der Waals surface area contributed by atoms with E-state index in [4.69, 9.17) is 23.2 Å². The molecule has 54 valence electrons. The van der Waals surface area contributed by atoms with Gasteiger partial charge in [0.15, 0.2) is 0 Å². The molecule has 1 unspecified atom stereocenters. The van der Waals surface area contributed by atoms with Crippen molar-refractivity contribution in [3.8, 4) is 0 Å².